The number of hydrogen-bond donors (Lipinski definition) is 0. The molecule has 0 fully saturated rings. The number of halogens is 4. The first-order valence-electron chi connectivity index (χ1n) is 9.90. The number of rotatable bonds is 5. The zero-order valence-electron chi connectivity index (χ0n) is 18.3. The molecule has 0 bridgehead atoms. The van der Waals surface area contributed by atoms with Gasteiger partial charge in [0.1, 0.15) is 13.9 Å². The summed E-state index contributed by atoms with van der Waals surface area (Å²) < 4.78 is 80.9. The lowest BCUT2D eigenvalue weighted by Crippen LogP contribution is -2.43. The van der Waals surface area contributed by atoms with Crippen molar-refractivity contribution >= 4 is 29.0 Å². The topological polar surface area (TPSA) is 43.4 Å². The number of benzene rings is 2. The van der Waals surface area contributed by atoms with Crippen molar-refractivity contribution in [2.75, 3.05) is 0 Å². The molecule has 0 aliphatic rings. The molecule has 0 spiro atoms. The smallest absolute Gasteiger partial charge is 0.375 e. The van der Waals surface area contributed by atoms with E-state index in [-0.39, 0.29) is 27.6 Å². The highest BCUT2D eigenvalue weighted by Crippen LogP contribution is 2.41. The molecule has 0 aliphatic heterocycles. The van der Waals surface area contributed by atoms with Gasteiger partial charge in [-0.15, -0.1) is 5.54 Å². The van der Waals surface area contributed by atoms with Gasteiger partial charge in [-0.1, -0.05) is 65.7 Å². The molecule has 0 heterocycles. The van der Waals surface area contributed by atoms with E-state index in [0.29, 0.717) is 5.39 Å². The molecule has 2 rings (SSSR count). The fourth-order valence-corrected chi connectivity index (χ4v) is 9.96. The van der Waals surface area contributed by atoms with Crippen molar-refractivity contribution in [2.45, 2.75) is 63.7 Å². The average Bonchev–Trinajstić information content (AvgIpc) is 2.61. The molecule has 0 aromatic heterocycles. The minimum absolute atomic E-state index is 0.0954. The van der Waals surface area contributed by atoms with Crippen LogP contribution < -0.4 is 4.18 Å². The summed E-state index contributed by atoms with van der Waals surface area (Å²) in [6, 6.07) is 6.45. The van der Waals surface area contributed by atoms with E-state index in [1.54, 1.807) is 0 Å². The second-order valence-electron chi connectivity index (χ2n) is 8.41. The second kappa shape index (κ2) is 8.83. The van der Waals surface area contributed by atoms with Crippen LogP contribution in [0.1, 0.15) is 47.1 Å². The predicted molar refractivity (Wildman–Crippen MR) is 117 cm³/mol. The maximum Gasteiger partial charge on any atom is 0.534 e. The van der Waals surface area contributed by atoms with E-state index in [0.717, 1.165) is 12.1 Å². The van der Waals surface area contributed by atoms with Crippen LogP contribution in [0.2, 0.25) is 16.6 Å². The van der Waals surface area contributed by atoms with Crippen molar-refractivity contribution in [3.8, 4) is 17.2 Å². The van der Waals surface area contributed by atoms with Crippen molar-refractivity contribution in [1.82, 2.24) is 0 Å². The van der Waals surface area contributed by atoms with Crippen LogP contribution in [-0.4, -0.2) is 22.0 Å². The summed E-state index contributed by atoms with van der Waals surface area (Å²) >= 11 is 0. The molecule has 9 heteroatoms. The van der Waals surface area contributed by atoms with Gasteiger partial charge in [-0.05, 0) is 34.1 Å². The molecule has 2 aromatic rings. The van der Waals surface area contributed by atoms with Gasteiger partial charge in [0.2, 0.25) is 0 Å². The minimum atomic E-state index is -5.92. The Labute approximate surface area is 181 Å². The molecule has 0 saturated heterocycles. The van der Waals surface area contributed by atoms with Gasteiger partial charge in [-0.2, -0.15) is 21.6 Å². The van der Waals surface area contributed by atoms with Crippen molar-refractivity contribution in [3.63, 3.8) is 0 Å². The fourth-order valence-electron chi connectivity index (χ4n) is 4.28. The Balaban J connectivity index is 2.82. The third-order valence-electron chi connectivity index (χ3n) is 5.71. The first kappa shape index (κ1) is 25.2. The molecule has 170 valence electrons. The Morgan fingerprint density at radius 1 is 0.935 bits per heavy atom. The standard InChI is InChI=1S/C22H26F4O3SSi/c1-14(2)31(15(3)4,16(5)6)13-12-18-19(23)11-10-17-8-7-9-20(21(17)18)29-30(27,28)22(24,25)26/h7-11,14-16H,1-6H3. The lowest BCUT2D eigenvalue weighted by atomic mass is 10.0. The monoisotopic (exact) mass is 474 g/mol. The van der Waals surface area contributed by atoms with Crippen LogP contribution in [0.5, 0.6) is 5.75 Å². The normalized spacial score (nSPS) is 13.1. The summed E-state index contributed by atoms with van der Waals surface area (Å²) in [5, 5.41) is 0.230. The summed E-state index contributed by atoms with van der Waals surface area (Å²) in [4.78, 5) is 0. The van der Waals surface area contributed by atoms with Crippen molar-refractivity contribution < 1.29 is 30.2 Å². The molecule has 0 saturated carbocycles. The van der Waals surface area contributed by atoms with E-state index in [9.17, 15) is 26.0 Å². The highest BCUT2D eigenvalue weighted by atomic mass is 32.2. The highest BCUT2D eigenvalue weighted by Gasteiger charge is 2.49. The lowest BCUT2D eigenvalue weighted by Gasteiger charge is -2.38. The summed E-state index contributed by atoms with van der Waals surface area (Å²) in [6.45, 7) is 12.4. The first-order valence-corrected chi connectivity index (χ1v) is 13.5. The van der Waals surface area contributed by atoms with E-state index in [2.05, 4.69) is 57.2 Å². The van der Waals surface area contributed by atoms with Crippen LogP contribution >= 0.6 is 0 Å². The third-order valence-corrected chi connectivity index (χ3v) is 13.0. The Morgan fingerprint density at radius 3 is 1.97 bits per heavy atom. The Kier molecular flexibility index (Phi) is 7.18. The van der Waals surface area contributed by atoms with Crippen LogP contribution in [0.25, 0.3) is 10.8 Å². The maximum atomic E-state index is 14.8. The SMILES string of the molecule is CC(C)[Si](C#Cc1c(F)ccc2cccc(OS(=O)(=O)C(F)(F)F)c12)(C(C)C)C(C)C. The fraction of sp³-hybridized carbons (Fsp3) is 0.455. The Morgan fingerprint density at radius 2 is 1.48 bits per heavy atom. The van der Waals surface area contributed by atoms with Crippen LogP contribution in [0, 0.1) is 17.3 Å². The van der Waals surface area contributed by atoms with E-state index in [1.807, 2.05) is 0 Å². The quantitative estimate of drug-likeness (QED) is 0.158. The molecule has 2 aromatic carbocycles. The van der Waals surface area contributed by atoms with Gasteiger partial charge in [0.25, 0.3) is 0 Å². The van der Waals surface area contributed by atoms with Crippen LogP contribution in [0.3, 0.4) is 0 Å². The zero-order valence-corrected chi connectivity index (χ0v) is 20.1. The van der Waals surface area contributed by atoms with E-state index in [1.165, 1.54) is 18.2 Å². The highest BCUT2D eigenvalue weighted by molar-refractivity contribution is 7.88. The predicted octanol–water partition coefficient (Wildman–Crippen LogP) is 6.78. The molecule has 0 aliphatic carbocycles. The number of alkyl halides is 3. The van der Waals surface area contributed by atoms with Crippen LogP contribution in [-0.2, 0) is 10.1 Å². The Bertz CT molecular complexity index is 1110. The van der Waals surface area contributed by atoms with E-state index in [4.69, 9.17) is 0 Å². The van der Waals surface area contributed by atoms with Crippen molar-refractivity contribution in [3.05, 3.63) is 41.7 Å². The van der Waals surface area contributed by atoms with Gasteiger partial charge in [0.05, 0.1) is 5.56 Å². The summed E-state index contributed by atoms with van der Waals surface area (Å²) in [5.74, 6) is 1.53. The number of hydrogen-bond acceptors (Lipinski definition) is 3. The van der Waals surface area contributed by atoms with Gasteiger partial charge in [-0.25, -0.2) is 4.39 Å². The molecule has 0 N–H and O–H groups in total. The molecular weight excluding hydrogens is 448 g/mol. The van der Waals surface area contributed by atoms with Gasteiger partial charge < -0.3 is 4.18 Å². The molecule has 31 heavy (non-hydrogen) atoms. The van der Waals surface area contributed by atoms with Gasteiger partial charge in [-0.3, -0.25) is 0 Å². The van der Waals surface area contributed by atoms with Crippen LogP contribution in [0.15, 0.2) is 30.3 Å². The van der Waals surface area contributed by atoms with Gasteiger partial charge >= 0.3 is 15.6 Å². The lowest BCUT2D eigenvalue weighted by molar-refractivity contribution is -0.0499. The maximum absolute atomic E-state index is 14.8. The molecule has 0 unspecified atom stereocenters. The van der Waals surface area contributed by atoms with Crippen LogP contribution in [0.4, 0.5) is 17.6 Å². The van der Waals surface area contributed by atoms with Gasteiger partial charge in [0, 0.05) is 5.39 Å². The molecular formula is C22H26F4O3SSi. The van der Waals surface area contributed by atoms with Crippen molar-refractivity contribution in [1.29, 1.82) is 0 Å². The third kappa shape index (κ3) is 4.75. The summed E-state index contributed by atoms with van der Waals surface area (Å²) in [7, 11) is -8.20. The van der Waals surface area contributed by atoms with Gasteiger partial charge in [0.15, 0.2) is 5.75 Å². The summed E-state index contributed by atoms with van der Waals surface area (Å²) in [6.07, 6.45) is 0. The Hall–Kier alpha value is -2.05. The first-order chi connectivity index (χ1) is 14.1. The zero-order chi connectivity index (χ0) is 23.8. The van der Waals surface area contributed by atoms with Crippen molar-refractivity contribution in [2.24, 2.45) is 0 Å². The minimum Gasteiger partial charge on any atom is -0.375 e. The second-order valence-corrected chi connectivity index (χ2v) is 15.5. The largest absolute Gasteiger partial charge is 0.534 e. The molecule has 0 atom stereocenters. The summed E-state index contributed by atoms with van der Waals surface area (Å²) in [5.41, 5.74) is -1.70. The number of fused-ring (bicyclic) bond motifs is 1. The average molecular weight is 475 g/mol. The molecule has 0 amide bonds. The van der Waals surface area contributed by atoms with E-state index >= 15 is 0 Å². The molecule has 3 nitrogen and oxygen atoms in total. The molecule has 0 radical (unpaired) electrons. The van der Waals surface area contributed by atoms with E-state index < -0.39 is 35.3 Å².